The van der Waals surface area contributed by atoms with Gasteiger partial charge in [-0.05, 0) is 13.3 Å². The van der Waals surface area contributed by atoms with Crippen LogP contribution in [0.15, 0.2) is 0 Å². The lowest BCUT2D eigenvalue weighted by molar-refractivity contribution is -0.155. The Hall–Kier alpha value is -1.06. The Morgan fingerprint density at radius 2 is 1.62 bits per heavy atom. The second-order valence-electron chi connectivity index (χ2n) is 4.60. The zero-order valence-electron chi connectivity index (χ0n) is 10.2. The average Bonchev–Trinajstić information content (AvgIpc) is 2.16. The number of unbranched alkanes of at least 4 members (excludes halogenated alkanes) is 4. The maximum atomic E-state index is 11.0. The van der Waals surface area contributed by atoms with Crippen LogP contribution >= 0.6 is 0 Å². The van der Waals surface area contributed by atoms with Crippen molar-refractivity contribution < 1.29 is 19.8 Å². The van der Waals surface area contributed by atoms with Crippen LogP contribution in [0.2, 0.25) is 0 Å². The molecule has 2 N–H and O–H groups in total. The third-order valence-electron chi connectivity index (χ3n) is 2.89. The average molecular weight is 230 g/mol. The van der Waals surface area contributed by atoms with Crippen LogP contribution in [0.3, 0.4) is 0 Å². The van der Waals surface area contributed by atoms with Gasteiger partial charge in [0.2, 0.25) is 0 Å². The fraction of sp³-hybridized carbons (Fsp3) is 0.833. The summed E-state index contributed by atoms with van der Waals surface area (Å²) in [6.45, 7) is 3.63. The first-order valence-corrected chi connectivity index (χ1v) is 5.87. The number of hydrogen-bond acceptors (Lipinski definition) is 2. The van der Waals surface area contributed by atoms with E-state index in [1.165, 1.54) is 6.92 Å². The molecule has 1 atom stereocenters. The van der Waals surface area contributed by atoms with Crippen LogP contribution in [0.1, 0.15) is 58.8 Å². The highest BCUT2D eigenvalue weighted by Gasteiger charge is 2.34. The molecule has 0 aliphatic carbocycles. The van der Waals surface area contributed by atoms with Gasteiger partial charge in [0.1, 0.15) is 0 Å². The molecule has 0 radical (unpaired) electrons. The van der Waals surface area contributed by atoms with Crippen molar-refractivity contribution in [1.29, 1.82) is 0 Å². The van der Waals surface area contributed by atoms with Crippen LogP contribution in [0.5, 0.6) is 0 Å². The molecule has 94 valence electrons. The molecule has 4 heteroatoms. The largest absolute Gasteiger partial charge is 0.481 e. The molecule has 0 aliphatic rings. The zero-order valence-corrected chi connectivity index (χ0v) is 10.2. The molecule has 0 saturated carbocycles. The summed E-state index contributed by atoms with van der Waals surface area (Å²) >= 11 is 0. The first-order chi connectivity index (χ1) is 7.42. The number of aliphatic carboxylic acids is 2. The smallest absolute Gasteiger partial charge is 0.309 e. The fourth-order valence-corrected chi connectivity index (χ4v) is 1.72. The van der Waals surface area contributed by atoms with E-state index in [0.717, 1.165) is 32.1 Å². The van der Waals surface area contributed by atoms with Gasteiger partial charge in [0, 0.05) is 0 Å². The zero-order chi connectivity index (χ0) is 12.6. The first-order valence-electron chi connectivity index (χ1n) is 5.87. The van der Waals surface area contributed by atoms with Gasteiger partial charge in [0.25, 0.3) is 0 Å². The number of hydrogen-bond donors (Lipinski definition) is 2. The van der Waals surface area contributed by atoms with Crippen molar-refractivity contribution in [2.24, 2.45) is 5.41 Å². The number of carboxylic acids is 2. The Bertz CT molecular complexity index is 237. The highest BCUT2D eigenvalue weighted by atomic mass is 16.4. The van der Waals surface area contributed by atoms with E-state index in [9.17, 15) is 9.59 Å². The van der Waals surface area contributed by atoms with Gasteiger partial charge < -0.3 is 10.2 Å². The van der Waals surface area contributed by atoms with Gasteiger partial charge in [-0.25, -0.2) is 0 Å². The molecule has 0 saturated heterocycles. The molecule has 0 heterocycles. The Balaban J connectivity index is 4.03. The summed E-state index contributed by atoms with van der Waals surface area (Å²) in [6.07, 6.45) is 5.31. The normalized spacial score (nSPS) is 14.4. The summed E-state index contributed by atoms with van der Waals surface area (Å²) in [5.41, 5.74) is -1.11. The molecule has 0 spiro atoms. The van der Waals surface area contributed by atoms with E-state index < -0.39 is 17.4 Å². The lowest BCUT2D eigenvalue weighted by atomic mass is 9.81. The molecule has 0 aromatic carbocycles. The van der Waals surface area contributed by atoms with Crippen molar-refractivity contribution in [2.75, 3.05) is 0 Å². The van der Waals surface area contributed by atoms with E-state index in [4.69, 9.17) is 10.2 Å². The Labute approximate surface area is 96.7 Å². The van der Waals surface area contributed by atoms with Crippen molar-refractivity contribution in [3.8, 4) is 0 Å². The molecule has 0 bridgehead atoms. The van der Waals surface area contributed by atoms with Crippen molar-refractivity contribution in [1.82, 2.24) is 0 Å². The predicted octanol–water partition coefficient (Wildman–Crippen LogP) is 2.91. The van der Waals surface area contributed by atoms with Crippen molar-refractivity contribution in [3.05, 3.63) is 0 Å². The highest BCUT2D eigenvalue weighted by Crippen LogP contribution is 2.29. The standard InChI is InChI=1S/C12H22O4/c1-3-4-5-6-7-8-12(2,11(15)16)9-10(13)14/h3-9H2,1-2H3,(H,13,14)(H,15,16). The van der Waals surface area contributed by atoms with Crippen LogP contribution in [0.25, 0.3) is 0 Å². The second kappa shape index (κ2) is 7.25. The summed E-state index contributed by atoms with van der Waals surface area (Å²) in [5, 5.41) is 17.7. The number of carbonyl (C=O) groups is 2. The van der Waals surface area contributed by atoms with Crippen LogP contribution in [0.4, 0.5) is 0 Å². The summed E-state index contributed by atoms with van der Waals surface area (Å²) in [4.78, 5) is 21.6. The minimum atomic E-state index is -1.11. The lowest BCUT2D eigenvalue weighted by Crippen LogP contribution is -2.30. The Morgan fingerprint density at radius 3 is 2.06 bits per heavy atom. The van der Waals surface area contributed by atoms with Gasteiger partial charge in [-0.15, -0.1) is 0 Å². The van der Waals surface area contributed by atoms with Gasteiger partial charge in [0.15, 0.2) is 0 Å². The second-order valence-corrected chi connectivity index (χ2v) is 4.60. The van der Waals surface area contributed by atoms with E-state index in [1.807, 2.05) is 0 Å². The van der Waals surface area contributed by atoms with Crippen LogP contribution in [-0.2, 0) is 9.59 Å². The minimum absolute atomic E-state index is 0.296. The summed E-state index contributed by atoms with van der Waals surface area (Å²) < 4.78 is 0. The van der Waals surface area contributed by atoms with E-state index in [1.54, 1.807) is 0 Å². The molecule has 1 unspecified atom stereocenters. The first kappa shape index (κ1) is 14.9. The van der Waals surface area contributed by atoms with Crippen molar-refractivity contribution >= 4 is 11.9 Å². The predicted molar refractivity (Wildman–Crippen MR) is 61.4 cm³/mol. The summed E-state index contributed by atoms with van der Waals surface area (Å²) in [7, 11) is 0. The quantitative estimate of drug-likeness (QED) is 0.597. The lowest BCUT2D eigenvalue weighted by Gasteiger charge is -2.22. The molecular weight excluding hydrogens is 208 g/mol. The molecule has 4 nitrogen and oxygen atoms in total. The molecule has 0 aliphatic heterocycles. The Kier molecular flexibility index (Phi) is 6.77. The summed E-state index contributed by atoms with van der Waals surface area (Å²) in [6, 6.07) is 0. The Morgan fingerprint density at radius 1 is 1.06 bits per heavy atom. The maximum absolute atomic E-state index is 11.0. The van der Waals surface area contributed by atoms with Gasteiger partial charge >= 0.3 is 11.9 Å². The summed E-state index contributed by atoms with van der Waals surface area (Å²) in [5.74, 6) is -2.05. The van der Waals surface area contributed by atoms with Gasteiger partial charge in [-0.1, -0.05) is 39.0 Å². The molecule has 0 fully saturated rings. The SMILES string of the molecule is CCCCCCCC(C)(CC(=O)O)C(=O)O. The van der Waals surface area contributed by atoms with Crippen LogP contribution in [-0.4, -0.2) is 22.2 Å². The maximum Gasteiger partial charge on any atom is 0.309 e. The van der Waals surface area contributed by atoms with Crippen LogP contribution < -0.4 is 0 Å². The van der Waals surface area contributed by atoms with E-state index in [-0.39, 0.29) is 6.42 Å². The fourth-order valence-electron chi connectivity index (χ4n) is 1.72. The van der Waals surface area contributed by atoms with E-state index in [2.05, 4.69) is 6.92 Å². The number of carboxylic acid groups (broad SMARTS) is 2. The minimum Gasteiger partial charge on any atom is -0.481 e. The molecule has 0 amide bonds. The van der Waals surface area contributed by atoms with Crippen molar-refractivity contribution in [2.45, 2.75) is 58.8 Å². The van der Waals surface area contributed by atoms with Crippen molar-refractivity contribution in [3.63, 3.8) is 0 Å². The third kappa shape index (κ3) is 5.73. The van der Waals surface area contributed by atoms with Gasteiger partial charge in [-0.2, -0.15) is 0 Å². The third-order valence-corrected chi connectivity index (χ3v) is 2.89. The molecule has 0 rings (SSSR count). The van der Waals surface area contributed by atoms with E-state index in [0.29, 0.717) is 6.42 Å². The highest BCUT2D eigenvalue weighted by molar-refractivity contribution is 5.80. The van der Waals surface area contributed by atoms with Gasteiger partial charge in [-0.3, -0.25) is 9.59 Å². The van der Waals surface area contributed by atoms with E-state index >= 15 is 0 Å². The molecular formula is C12H22O4. The molecule has 16 heavy (non-hydrogen) atoms. The topological polar surface area (TPSA) is 74.6 Å². The number of rotatable bonds is 9. The van der Waals surface area contributed by atoms with Crippen LogP contribution in [0, 0.1) is 5.41 Å². The monoisotopic (exact) mass is 230 g/mol. The molecule has 0 aromatic heterocycles. The van der Waals surface area contributed by atoms with Gasteiger partial charge in [0.05, 0.1) is 11.8 Å². The molecule has 0 aromatic rings.